The lowest BCUT2D eigenvalue weighted by Crippen LogP contribution is -2.24. The van der Waals surface area contributed by atoms with Crippen molar-refractivity contribution in [2.45, 2.75) is 19.1 Å². The fourth-order valence-corrected chi connectivity index (χ4v) is 1.42. The monoisotopic (exact) mass is 191 g/mol. The minimum atomic E-state index is -0.657. The summed E-state index contributed by atoms with van der Waals surface area (Å²) in [5.41, 5.74) is 8.16. The molecule has 0 spiro atoms. The molecule has 74 valence electrons. The molecule has 0 saturated heterocycles. The van der Waals surface area contributed by atoms with Crippen LogP contribution in [0.3, 0.4) is 0 Å². The van der Waals surface area contributed by atoms with Gasteiger partial charge in [0.2, 0.25) is 0 Å². The molecular weight excluding hydrogens is 178 g/mol. The molecule has 0 saturated carbocycles. The van der Waals surface area contributed by atoms with Gasteiger partial charge in [-0.05, 0) is 19.1 Å². The van der Waals surface area contributed by atoms with Gasteiger partial charge in [-0.2, -0.15) is 0 Å². The first-order valence-electron chi connectivity index (χ1n) is 4.55. The van der Waals surface area contributed by atoms with Crippen LogP contribution in [0, 0.1) is 0 Å². The molecule has 2 rings (SSSR count). The summed E-state index contributed by atoms with van der Waals surface area (Å²) in [6.45, 7) is 1.77. The van der Waals surface area contributed by atoms with Crippen molar-refractivity contribution in [2.24, 2.45) is 5.73 Å². The van der Waals surface area contributed by atoms with E-state index < -0.39 is 6.10 Å². The predicted octanol–water partition coefficient (Wildman–Crippen LogP) is 0.944. The number of pyridine rings is 1. The normalized spacial score (nSPS) is 15.6. The quantitative estimate of drug-likeness (QED) is 0.661. The number of hydrogen-bond donors (Lipinski definition) is 3. The first-order valence-corrected chi connectivity index (χ1v) is 4.55. The second-order valence-corrected chi connectivity index (χ2v) is 3.48. The maximum atomic E-state index is 9.72. The highest BCUT2D eigenvalue weighted by atomic mass is 16.3. The second-order valence-electron chi connectivity index (χ2n) is 3.48. The number of aromatic nitrogens is 2. The van der Waals surface area contributed by atoms with Crippen molar-refractivity contribution in [1.82, 2.24) is 9.97 Å². The number of aromatic amines is 1. The molecule has 2 heterocycles. The number of nitrogens with two attached hydrogens (primary N) is 1. The van der Waals surface area contributed by atoms with E-state index in [1.165, 1.54) is 0 Å². The SMILES string of the molecule is CC(N)C(O)c1cnc2cc[nH]c2c1. The van der Waals surface area contributed by atoms with Gasteiger partial charge in [-0.15, -0.1) is 0 Å². The van der Waals surface area contributed by atoms with E-state index in [-0.39, 0.29) is 6.04 Å². The molecule has 0 bridgehead atoms. The van der Waals surface area contributed by atoms with Gasteiger partial charge >= 0.3 is 0 Å². The Balaban J connectivity index is 2.43. The van der Waals surface area contributed by atoms with Crippen LogP contribution in [0.4, 0.5) is 0 Å². The summed E-state index contributed by atoms with van der Waals surface area (Å²) in [4.78, 5) is 7.24. The van der Waals surface area contributed by atoms with E-state index >= 15 is 0 Å². The zero-order chi connectivity index (χ0) is 10.1. The third kappa shape index (κ3) is 1.49. The summed E-state index contributed by atoms with van der Waals surface area (Å²) in [7, 11) is 0. The molecule has 4 N–H and O–H groups in total. The second kappa shape index (κ2) is 3.40. The fraction of sp³-hybridized carbons (Fsp3) is 0.300. The van der Waals surface area contributed by atoms with Crippen LogP contribution in [0.15, 0.2) is 24.5 Å². The van der Waals surface area contributed by atoms with Crippen LogP contribution in [0.5, 0.6) is 0 Å². The van der Waals surface area contributed by atoms with Crippen LogP contribution in [-0.2, 0) is 0 Å². The molecule has 2 unspecified atom stereocenters. The number of H-pyrrole nitrogens is 1. The van der Waals surface area contributed by atoms with E-state index in [0.717, 1.165) is 16.6 Å². The van der Waals surface area contributed by atoms with Crippen molar-refractivity contribution in [3.63, 3.8) is 0 Å². The lowest BCUT2D eigenvalue weighted by molar-refractivity contribution is 0.153. The van der Waals surface area contributed by atoms with E-state index in [1.54, 1.807) is 13.1 Å². The van der Waals surface area contributed by atoms with Crippen LogP contribution >= 0.6 is 0 Å². The predicted molar refractivity (Wildman–Crippen MR) is 54.7 cm³/mol. The van der Waals surface area contributed by atoms with Gasteiger partial charge in [0.15, 0.2) is 0 Å². The molecule has 14 heavy (non-hydrogen) atoms. The Bertz CT molecular complexity index is 436. The van der Waals surface area contributed by atoms with Crippen molar-refractivity contribution < 1.29 is 5.11 Å². The van der Waals surface area contributed by atoms with Crippen LogP contribution < -0.4 is 5.73 Å². The first-order chi connectivity index (χ1) is 6.68. The number of nitrogens with one attached hydrogen (secondary N) is 1. The highest BCUT2D eigenvalue weighted by Crippen LogP contribution is 2.18. The van der Waals surface area contributed by atoms with Gasteiger partial charge in [0.05, 0.1) is 17.1 Å². The number of aliphatic hydroxyl groups is 1. The van der Waals surface area contributed by atoms with E-state index in [0.29, 0.717) is 0 Å². The number of nitrogens with zero attached hydrogens (tertiary/aromatic N) is 1. The smallest absolute Gasteiger partial charge is 0.0953 e. The molecule has 2 atom stereocenters. The van der Waals surface area contributed by atoms with Crippen LogP contribution in [0.1, 0.15) is 18.6 Å². The molecule has 4 heteroatoms. The van der Waals surface area contributed by atoms with Gasteiger partial charge in [-0.3, -0.25) is 4.98 Å². The Kier molecular flexibility index (Phi) is 2.23. The molecule has 0 radical (unpaired) electrons. The van der Waals surface area contributed by atoms with Crippen molar-refractivity contribution >= 4 is 11.0 Å². The molecular formula is C10H13N3O. The highest BCUT2D eigenvalue weighted by Gasteiger charge is 2.13. The minimum absolute atomic E-state index is 0.288. The Labute approximate surface area is 81.8 Å². The molecule has 0 aliphatic rings. The van der Waals surface area contributed by atoms with Gasteiger partial charge < -0.3 is 15.8 Å². The summed E-state index contributed by atoms with van der Waals surface area (Å²) in [6.07, 6.45) is 2.82. The molecule has 2 aromatic rings. The Hall–Kier alpha value is -1.39. The maximum absolute atomic E-state index is 9.72. The fourth-order valence-electron chi connectivity index (χ4n) is 1.42. The summed E-state index contributed by atoms with van der Waals surface area (Å²) < 4.78 is 0. The largest absolute Gasteiger partial charge is 0.387 e. The summed E-state index contributed by atoms with van der Waals surface area (Å²) in [5, 5.41) is 9.72. The van der Waals surface area contributed by atoms with Crippen LogP contribution in [-0.4, -0.2) is 21.1 Å². The van der Waals surface area contributed by atoms with Crippen molar-refractivity contribution in [2.75, 3.05) is 0 Å². The Morgan fingerprint density at radius 1 is 1.57 bits per heavy atom. The third-order valence-electron chi connectivity index (χ3n) is 2.26. The van der Waals surface area contributed by atoms with Crippen LogP contribution in [0.25, 0.3) is 11.0 Å². The summed E-state index contributed by atoms with van der Waals surface area (Å²) in [6, 6.07) is 3.47. The lowest BCUT2D eigenvalue weighted by Gasteiger charge is -2.13. The Morgan fingerprint density at radius 2 is 2.36 bits per heavy atom. The summed E-state index contributed by atoms with van der Waals surface area (Å²) >= 11 is 0. The zero-order valence-corrected chi connectivity index (χ0v) is 7.94. The molecule has 0 aromatic carbocycles. The first kappa shape index (κ1) is 9.18. The van der Waals surface area contributed by atoms with Crippen LogP contribution in [0.2, 0.25) is 0 Å². The van der Waals surface area contributed by atoms with Crippen molar-refractivity contribution in [3.05, 3.63) is 30.1 Å². The van der Waals surface area contributed by atoms with E-state index in [4.69, 9.17) is 5.73 Å². The molecule has 0 fully saturated rings. The van der Waals surface area contributed by atoms with Gasteiger partial charge in [0.1, 0.15) is 0 Å². The molecule has 4 nitrogen and oxygen atoms in total. The van der Waals surface area contributed by atoms with E-state index in [1.807, 2.05) is 18.3 Å². The third-order valence-corrected chi connectivity index (χ3v) is 2.26. The van der Waals surface area contributed by atoms with E-state index in [2.05, 4.69) is 9.97 Å². The molecule has 0 aliphatic carbocycles. The average molecular weight is 191 g/mol. The zero-order valence-electron chi connectivity index (χ0n) is 7.94. The van der Waals surface area contributed by atoms with E-state index in [9.17, 15) is 5.11 Å². The number of hydrogen-bond acceptors (Lipinski definition) is 3. The van der Waals surface area contributed by atoms with Crippen molar-refractivity contribution in [1.29, 1.82) is 0 Å². The standard InChI is InChI=1S/C10H13N3O/c1-6(11)10(14)7-4-9-8(13-5-7)2-3-12-9/h2-6,10,12,14H,11H2,1H3. The van der Waals surface area contributed by atoms with Gasteiger partial charge in [0.25, 0.3) is 0 Å². The number of fused-ring (bicyclic) bond motifs is 1. The van der Waals surface area contributed by atoms with Gasteiger partial charge in [0, 0.05) is 24.0 Å². The minimum Gasteiger partial charge on any atom is -0.387 e. The number of rotatable bonds is 2. The van der Waals surface area contributed by atoms with Gasteiger partial charge in [-0.25, -0.2) is 0 Å². The molecule has 0 aliphatic heterocycles. The molecule has 0 amide bonds. The lowest BCUT2D eigenvalue weighted by atomic mass is 10.1. The highest BCUT2D eigenvalue weighted by molar-refractivity contribution is 5.75. The number of aliphatic hydroxyl groups excluding tert-OH is 1. The average Bonchev–Trinajstić information content (AvgIpc) is 2.62. The summed E-state index contributed by atoms with van der Waals surface area (Å²) in [5.74, 6) is 0. The van der Waals surface area contributed by atoms with Crippen molar-refractivity contribution in [3.8, 4) is 0 Å². The topological polar surface area (TPSA) is 74.9 Å². The maximum Gasteiger partial charge on any atom is 0.0953 e. The molecule has 2 aromatic heterocycles. The van der Waals surface area contributed by atoms with Gasteiger partial charge in [-0.1, -0.05) is 0 Å². The Morgan fingerprint density at radius 3 is 3.07 bits per heavy atom.